The van der Waals surface area contributed by atoms with Gasteiger partial charge >= 0.3 is 6.18 Å². The molecule has 6 heteroatoms. The third kappa shape index (κ3) is 3.80. The summed E-state index contributed by atoms with van der Waals surface area (Å²) in [5.74, 6) is 5.00. The summed E-state index contributed by atoms with van der Waals surface area (Å²) in [5, 5.41) is 0. The second-order valence-corrected chi connectivity index (χ2v) is 4.64. The van der Waals surface area contributed by atoms with Crippen LogP contribution in [-0.4, -0.2) is 0 Å². The molecular formula is C15H14F4N2. The van der Waals surface area contributed by atoms with Gasteiger partial charge in [-0.05, 0) is 35.7 Å². The first kappa shape index (κ1) is 15.5. The molecule has 0 aliphatic rings. The molecule has 0 aliphatic heterocycles. The van der Waals surface area contributed by atoms with E-state index >= 15 is 0 Å². The van der Waals surface area contributed by atoms with Gasteiger partial charge in [0.1, 0.15) is 5.82 Å². The maximum atomic E-state index is 13.6. The van der Waals surface area contributed by atoms with Crippen LogP contribution in [0.5, 0.6) is 0 Å². The Balaban J connectivity index is 2.28. The molecule has 0 fully saturated rings. The van der Waals surface area contributed by atoms with Crippen molar-refractivity contribution in [2.24, 2.45) is 5.84 Å². The Bertz CT molecular complexity index is 611. The van der Waals surface area contributed by atoms with Gasteiger partial charge < -0.3 is 0 Å². The third-order valence-corrected chi connectivity index (χ3v) is 3.20. The summed E-state index contributed by atoms with van der Waals surface area (Å²) in [6.45, 7) is 0. The van der Waals surface area contributed by atoms with Crippen molar-refractivity contribution in [2.45, 2.75) is 18.6 Å². The molecule has 3 N–H and O–H groups in total. The number of nitrogens with two attached hydrogens (primary N) is 1. The first-order valence-corrected chi connectivity index (χ1v) is 6.28. The third-order valence-electron chi connectivity index (χ3n) is 3.20. The highest BCUT2D eigenvalue weighted by Crippen LogP contribution is 2.31. The largest absolute Gasteiger partial charge is 0.416 e. The summed E-state index contributed by atoms with van der Waals surface area (Å²) >= 11 is 0. The highest BCUT2D eigenvalue weighted by Gasteiger charge is 2.31. The highest BCUT2D eigenvalue weighted by atomic mass is 19.4. The van der Waals surface area contributed by atoms with Crippen LogP contribution in [0.15, 0.2) is 48.5 Å². The van der Waals surface area contributed by atoms with Gasteiger partial charge in [0, 0.05) is 0 Å². The van der Waals surface area contributed by atoms with E-state index in [-0.39, 0.29) is 6.42 Å². The van der Waals surface area contributed by atoms with Crippen LogP contribution in [0.1, 0.15) is 22.7 Å². The zero-order chi connectivity index (χ0) is 15.5. The molecule has 0 amide bonds. The van der Waals surface area contributed by atoms with Gasteiger partial charge in [-0.15, -0.1) is 0 Å². The maximum absolute atomic E-state index is 13.6. The molecule has 0 aromatic heterocycles. The van der Waals surface area contributed by atoms with Crippen molar-refractivity contribution >= 4 is 0 Å². The van der Waals surface area contributed by atoms with Crippen LogP contribution in [0.25, 0.3) is 0 Å². The monoisotopic (exact) mass is 298 g/mol. The molecule has 0 bridgehead atoms. The van der Waals surface area contributed by atoms with E-state index in [4.69, 9.17) is 5.84 Å². The molecule has 0 saturated heterocycles. The van der Waals surface area contributed by atoms with Gasteiger partial charge in [-0.3, -0.25) is 11.3 Å². The zero-order valence-corrected chi connectivity index (χ0v) is 11.0. The fourth-order valence-corrected chi connectivity index (χ4v) is 2.09. The molecular weight excluding hydrogens is 284 g/mol. The van der Waals surface area contributed by atoms with Gasteiger partial charge in [0.05, 0.1) is 11.6 Å². The molecule has 0 heterocycles. The van der Waals surface area contributed by atoms with Crippen LogP contribution in [0.4, 0.5) is 17.6 Å². The molecule has 21 heavy (non-hydrogen) atoms. The number of halogens is 4. The number of nitrogens with one attached hydrogen (secondary N) is 1. The molecule has 0 spiro atoms. The molecule has 112 valence electrons. The Labute approximate surface area is 119 Å². The Morgan fingerprint density at radius 3 is 2.38 bits per heavy atom. The molecule has 2 aromatic rings. The van der Waals surface area contributed by atoms with Gasteiger partial charge in [-0.2, -0.15) is 13.2 Å². The van der Waals surface area contributed by atoms with Crippen LogP contribution in [0, 0.1) is 5.82 Å². The van der Waals surface area contributed by atoms with Crippen molar-refractivity contribution in [1.82, 2.24) is 5.43 Å². The smallest absolute Gasteiger partial charge is 0.271 e. The second kappa shape index (κ2) is 6.24. The minimum Gasteiger partial charge on any atom is -0.271 e. The van der Waals surface area contributed by atoms with Crippen LogP contribution < -0.4 is 11.3 Å². The average molecular weight is 298 g/mol. The van der Waals surface area contributed by atoms with E-state index in [1.54, 1.807) is 18.2 Å². The van der Waals surface area contributed by atoms with E-state index < -0.39 is 23.6 Å². The average Bonchev–Trinajstić information content (AvgIpc) is 2.46. The fraction of sp³-hybridized carbons (Fsp3) is 0.200. The summed E-state index contributed by atoms with van der Waals surface area (Å²) < 4.78 is 51.8. The lowest BCUT2D eigenvalue weighted by molar-refractivity contribution is -0.137. The number of hydrogen-bond donors (Lipinski definition) is 2. The van der Waals surface area contributed by atoms with Crippen molar-refractivity contribution in [3.63, 3.8) is 0 Å². The number of hydrogen-bond acceptors (Lipinski definition) is 2. The lowest BCUT2D eigenvalue weighted by Gasteiger charge is -2.18. The van der Waals surface area contributed by atoms with Crippen molar-refractivity contribution in [1.29, 1.82) is 0 Å². The van der Waals surface area contributed by atoms with E-state index in [0.29, 0.717) is 11.1 Å². The van der Waals surface area contributed by atoms with Crippen molar-refractivity contribution in [3.8, 4) is 0 Å². The minimum atomic E-state index is -4.42. The van der Waals surface area contributed by atoms with Crippen LogP contribution >= 0.6 is 0 Å². The molecule has 0 aliphatic carbocycles. The zero-order valence-electron chi connectivity index (χ0n) is 11.0. The Morgan fingerprint density at radius 1 is 1.05 bits per heavy atom. The second-order valence-electron chi connectivity index (χ2n) is 4.64. The summed E-state index contributed by atoms with van der Waals surface area (Å²) in [4.78, 5) is 0. The summed E-state index contributed by atoms with van der Waals surface area (Å²) in [6, 6.07) is 10.3. The normalized spacial score (nSPS) is 13.2. The van der Waals surface area contributed by atoms with Gasteiger partial charge in [0.25, 0.3) is 0 Å². The van der Waals surface area contributed by atoms with Crippen molar-refractivity contribution in [3.05, 3.63) is 71.0 Å². The van der Waals surface area contributed by atoms with E-state index in [9.17, 15) is 17.6 Å². The molecule has 2 aromatic carbocycles. The van der Waals surface area contributed by atoms with E-state index in [1.807, 2.05) is 0 Å². The molecule has 2 nitrogen and oxygen atoms in total. The van der Waals surface area contributed by atoms with E-state index in [2.05, 4.69) is 5.43 Å². The maximum Gasteiger partial charge on any atom is 0.416 e. The van der Waals surface area contributed by atoms with Crippen LogP contribution in [0.3, 0.4) is 0 Å². The molecule has 0 radical (unpaired) electrons. The Hall–Kier alpha value is -1.92. The predicted molar refractivity (Wildman–Crippen MR) is 71.6 cm³/mol. The number of hydrazine groups is 1. The number of alkyl halides is 3. The van der Waals surface area contributed by atoms with Crippen LogP contribution in [0.2, 0.25) is 0 Å². The number of rotatable bonds is 4. The minimum absolute atomic E-state index is 0.157. The van der Waals surface area contributed by atoms with Crippen LogP contribution in [-0.2, 0) is 12.6 Å². The standard InChI is InChI=1S/C15H14F4N2/c16-13-7-2-1-4-10(13)9-14(21-20)11-5-3-6-12(8-11)15(17,18)19/h1-8,14,21H,9,20H2. The summed E-state index contributed by atoms with van der Waals surface area (Å²) in [5.41, 5.74) is 2.43. The quantitative estimate of drug-likeness (QED) is 0.514. The number of benzene rings is 2. The van der Waals surface area contributed by atoms with Gasteiger partial charge in [0.2, 0.25) is 0 Å². The Kier molecular flexibility index (Phi) is 4.59. The van der Waals surface area contributed by atoms with Gasteiger partial charge in [0.15, 0.2) is 0 Å². The lowest BCUT2D eigenvalue weighted by Crippen LogP contribution is -2.30. The Morgan fingerprint density at radius 2 is 1.76 bits per heavy atom. The highest BCUT2D eigenvalue weighted by molar-refractivity contribution is 5.30. The van der Waals surface area contributed by atoms with Crippen molar-refractivity contribution in [2.75, 3.05) is 0 Å². The van der Waals surface area contributed by atoms with E-state index in [0.717, 1.165) is 12.1 Å². The summed E-state index contributed by atoms with van der Waals surface area (Å²) in [6.07, 6.45) is -4.27. The van der Waals surface area contributed by atoms with Crippen molar-refractivity contribution < 1.29 is 17.6 Å². The van der Waals surface area contributed by atoms with Gasteiger partial charge in [-0.25, -0.2) is 4.39 Å². The molecule has 2 rings (SSSR count). The molecule has 1 unspecified atom stereocenters. The SMILES string of the molecule is NNC(Cc1ccccc1F)c1cccc(C(F)(F)F)c1. The predicted octanol–water partition coefficient (Wildman–Crippen LogP) is 3.59. The molecule has 0 saturated carbocycles. The topological polar surface area (TPSA) is 38.0 Å². The van der Waals surface area contributed by atoms with E-state index in [1.165, 1.54) is 18.2 Å². The lowest BCUT2D eigenvalue weighted by atomic mass is 9.97. The first-order chi connectivity index (χ1) is 9.91. The fourth-order valence-electron chi connectivity index (χ4n) is 2.09. The van der Waals surface area contributed by atoms with Gasteiger partial charge in [-0.1, -0.05) is 30.3 Å². The first-order valence-electron chi connectivity index (χ1n) is 6.28. The summed E-state index contributed by atoms with van der Waals surface area (Å²) in [7, 11) is 0. The molecule has 1 atom stereocenters.